The van der Waals surface area contributed by atoms with Crippen LogP contribution in [0.2, 0.25) is 0 Å². The number of amides is 1. The second-order valence-electron chi connectivity index (χ2n) is 3.69. The largest absolute Gasteiger partial charge is 0.495 e. The van der Waals surface area contributed by atoms with E-state index in [-0.39, 0.29) is 18.2 Å². The van der Waals surface area contributed by atoms with Gasteiger partial charge in [-0.1, -0.05) is 0 Å². The van der Waals surface area contributed by atoms with Crippen LogP contribution in [0.5, 0.6) is 5.75 Å². The fourth-order valence-corrected chi connectivity index (χ4v) is 2.59. The topological polar surface area (TPSA) is 46.6 Å². The summed E-state index contributed by atoms with van der Waals surface area (Å²) in [6.07, 6.45) is 1.35. The minimum absolute atomic E-state index is 0.0973. The second-order valence-corrected chi connectivity index (χ2v) is 4.60. The zero-order chi connectivity index (χ0) is 11.5. The number of ketones is 1. The molecule has 0 radical (unpaired) electrons. The van der Waals surface area contributed by atoms with Crippen molar-refractivity contribution in [2.75, 3.05) is 20.2 Å². The molecule has 0 atom stereocenters. The Kier molecular flexibility index (Phi) is 3.24. The number of rotatable bonds is 2. The molecule has 5 heteroatoms. The molecule has 2 rings (SSSR count). The standard InChI is InChI=1S/C11H13NO3S/c1-15-9-4-6-16-10(9)11(14)12-5-2-3-8(13)7-12/h4,6H,2-3,5,7H2,1H3. The van der Waals surface area contributed by atoms with E-state index in [2.05, 4.69) is 0 Å². The molecule has 0 N–H and O–H groups in total. The van der Waals surface area contributed by atoms with Gasteiger partial charge >= 0.3 is 0 Å². The number of nitrogens with zero attached hydrogens (tertiary/aromatic N) is 1. The SMILES string of the molecule is COc1ccsc1C(=O)N1CCCC(=O)C1. The Hall–Kier alpha value is -1.36. The zero-order valence-corrected chi connectivity index (χ0v) is 9.88. The van der Waals surface area contributed by atoms with Gasteiger partial charge in [0, 0.05) is 13.0 Å². The van der Waals surface area contributed by atoms with Crippen LogP contribution in [-0.2, 0) is 4.79 Å². The molecule has 1 fully saturated rings. The van der Waals surface area contributed by atoms with Gasteiger partial charge < -0.3 is 9.64 Å². The molecule has 1 amide bonds. The van der Waals surface area contributed by atoms with Crippen molar-refractivity contribution < 1.29 is 14.3 Å². The highest BCUT2D eigenvalue weighted by molar-refractivity contribution is 7.12. The van der Waals surface area contributed by atoms with Crippen molar-refractivity contribution in [3.8, 4) is 5.75 Å². The first-order chi connectivity index (χ1) is 7.72. The normalized spacial score (nSPS) is 16.3. The smallest absolute Gasteiger partial charge is 0.268 e. The Balaban J connectivity index is 2.15. The van der Waals surface area contributed by atoms with Gasteiger partial charge in [-0.2, -0.15) is 0 Å². The number of Topliss-reactive ketones (excluding diaryl/α,β-unsaturated/α-hetero) is 1. The van der Waals surface area contributed by atoms with E-state index in [1.54, 1.807) is 18.1 Å². The fraction of sp³-hybridized carbons (Fsp3) is 0.455. The van der Waals surface area contributed by atoms with Crippen LogP contribution in [0.3, 0.4) is 0 Å². The lowest BCUT2D eigenvalue weighted by molar-refractivity contribution is -0.121. The molecule has 2 heterocycles. The van der Waals surface area contributed by atoms with Crippen molar-refractivity contribution in [1.82, 2.24) is 4.90 Å². The van der Waals surface area contributed by atoms with Gasteiger partial charge in [0.1, 0.15) is 10.6 Å². The number of likely N-dealkylation sites (tertiary alicyclic amines) is 1. The van der Waals surface area contributed by atoms with Crippen LogP contribution < -0.4 is 4.74 Å². The maximum atomic E-state index is 12.1. The summed E-state index contributed by atoms with van der Waals surface area (Å²) < 4.78 is 5.10. The predicted octanol–water partition coefficient (Wildman–Crippen LogP) is 1.56. The van der Waals surface area contributed by atoms with Crippen molar-refractivity contribution in [2.45, 2.75) is 12.8 Å². The Morgan fingerprint density at radius 2 is 2.38 bits per heavy atom. The summed E-state index contributed by atoms with van der Waals surface area (Å²) in [6, 6.07) is 1.77. The average Bonchev–Trinajstić information content (AvgIpc) is 2.76. The number of methoxy groups -OCH3 is 1. The maximum absolute atomic E-state index is 12.1. The molecule has 16 heavy (non-hydrogen) atoms. The van der Waals surface area contributed by atoms with E-state index in [1.807, 2.05) is 5.38 Å². The van der Waals surface area contributed by atoms with E-state index in [0.717, 1.165) is 6.42 Å². The van der Waals surface area contributed by atoms with E-state index in [9.17, 15) is 9.59 Å². The molecule has 1 aliphatic heterocycles. The van der Waals surface area contributed by atoms with Crippen LogP contribution in [0.25, 0.3) is 0 Å². The summed E-state index contributed by atoms with van der Waals surface area (Å²) in [7, 11) is 1.54. The molecular weight excluding hydrogens is 226 g/mol. The molecule has 4 nitrogen and oxygen atoms in total. The third-order valence-electron chi connectivity index (χ3n) is 2.58. The Morgan fingerprint density at radius 1 is 1.56 bits per heavy atom. The highest BCUT2D eigenvalue weighted by Crippen LogP contribution is 2.26. The minimum atomic E-state index is -0.0973. The van der Waals surface area contributed by atoms with Gasteiger partial charge in [0.05, 0.1) is 13.7 Å². The number of piperidine rings is 1. The molecule has 0 aromatic carbocycles. The highest BCUT2D eigenvalue weighted by Gasteiger charge is 2.25. The lowest BCUT2D eigenvalue weighted by Gasteiger charge is -2.25. The summed E-state index contributed by atoms with van der Waals surface area (Å²) in [4.78, 5) is 25.5. The van der Waals surface area contributed by atoms with Crippen molar-refractivity contribution in [3.05, 3.63) is 16.3 Å². The maximum Gasteiger partial charge on any atom is 0.268 e. The third-order valence-corrected chi connectivity index (χ3v) is 3.47. The number of hydrogen-bond donors (Lipinski definition) is 0. The van der Waals surface area contributed by atoms with Crippen molar-refractivity contribution in [3.63, 3.8) is 0 Å². The molecule has 0 saturated carbocycles. The van der Waals surface area contributed by atoms with Crippen LogP contribution in [0.1, 0.15) is 22.5 Å². The van der Waals surface area contributed by atoms with Crippen LogP contribution >= 0.6 is 11.3 Å². The molecule has 1 saturated heterocycles. The fourth-order valence-electron chi connectivity index (χ4n) is 1.77. The Morgan fingerprint density at radius 3 is 3.06 bits per heavy atom. The molecular formula is C11H13NO3S. The summed E-state index contributed by atoms with van der Waals surface area (Å²) in [5, 5.41) is 1.82. The number of carbonyl (C=O) groups is 2. The first-order valence-corrected chi connectivity index (χ1v) is 6.03. The monoisotopic (exact) mass is 239 g/mol. The lowest BCUT2D eigenvalue weighted by Crippen LogP contribution is -2.39. The average molecular weight is 239 g/mol. The molecule has 0 spiro atoms. The Bertz CT molecular complexity index is 413. The minimum Gasteiger partial charge on any atom is -0.495 e. The number of thiophene rings is 1. The summed E-state index contributed by atoms with van der Waals surface area (Å²) in [5.74, 6) is 0.628. The number of hydrogen-bond acceptors (Lipinski definition) is 4. The van der Waals surface area contributed by atoms with Crippen LogP contribution in [0.4, 0.5) is 0 Å². The Labute approximate surface area is 97.8 Å². The molecule has 1 aromatic heterocycles. The van der Waals surface area contributed by atoms with Crippen molar-refractivity contribution in [1.29, 1.82) is 0 Å². The summed E-state index contributed by atoms with van der Waals surface area (Å²) >= 11 is 1.35. The molecule has 86 valence electrons. The zero-order valence-electron chi connectivity index (χ0n) is 9.06. The van der Waals surface area contributed by atoms with Crippen LogP contribution in [0, 0.1) is 0 Å². The van der Waals surface area contributed by atoms with Gasteiger partial charge in [-0.3, -0.25) is 9.59 Å². The van der Waals surface area contributed by atoms with Gasteiger partial charge in [-0.15, -0.1) is 11.3 Å². The molecule has 0 unspecified atom stereocenters. The van der Waals surface area contributed by atoms with E-state index in [0.29, 0.717) is 23.6 Å². The second kappa shape index (κ2) is 4.65. The molecule has 0 aliphatic carbocycles. The van der Waals surface area contributed by atoms with Gasteiger partial charge in [-0.05, 0) is 17.9 Å². The van der Waals surface area contributed by atoms with Crippen molar-refractivity contribution >= 4 is 23.0 Å². The lowest BCUT2D eigenvalue weighted by atomic mass is 10.1. The number of ether oxygens (including phenoxy) is 1. The van der Waals surface area contributed by atoms with Gasteiger partial charge in [0.15, 0.2) is 5.78 Å². The highest BCUT2D eigenvalue weighted by atomic mass is 32.1. The van der Waals surface area contributed by atoms with Gasteiger partial charge in [0.2, 0.25) is 0 Å². The third kappa shape index (κ3) is 2.09. The molecule has 1 aromatic rings. The van der Waals surface area contributed by atoms with E-state index in [4.69, 9.17) is 4.74 Å². The van der Waals surface area contributed by atoms with Crippen LogP contribution in [-0.4, -0.2) is 36.8 Å². The van der Waals surface area contributed by atoms with Crippen molar-refractivity contribution in [2.24, 2.45) is 0 Å². The first-order valence-electron chi connectivity index (χ1n) is 5.15. The van der Waals surface area contributed by atoms with Gasteiger partial charge in [0.25, 0.3) is 5.91 Å². The van der Waals surface area contributed by atoms with E-state index >= 15 is 0 Å². The predicted molar refractivity (Wildman–Crippen MR) is 61.0 cm³/mol. The van der Waals surface area contributed by atoms with E-state index < -0.39 is 0 Å². The summed E-state index contributed by atoms with van der Waals surface area (Å²) in [6.45, 7) is 0.894. The molecule has 1 aliphatic rings. The van der Waals surface area contributed by atoms with Crippen LogP contribution in [0.15, 0.2) is 11.4 Å². The van der Waals surface area contributed by atoms with E-state index in [1.165, 1.54) is 11.3 Å². The summed E-state index contributed by atoms with van der Waals surface area (Å²) in [5.41, 5.74) is 0. The quantitative estimate of drug-likeness (QED) is 0.787. The first kappa shape index (κ1) is 11.1. The van der Waals surface area contributed by atoms with Gasteiger partial charge in [-0.25, -0.2) is 0 Å². The molecule has 0 bridgehead atoms. The number of carbonyl (C=O) groups excluding carboxylic acids is 2.